The van der Waals surface area contributed by atoms with Crippen molar-refractivity contribution in [1.29, 1.82) is 0 Å². The average molecular weight is 270 g/mol. The molecule has 0 atom stereocenters. The summed E-state index contributed by atoms with van der Waals surface area (Å²) in [6.45, 7) is 0. The van der Waals surface area contributed by atoms with Gasteiger partial charge >= 0.3 is 0 Å². The summed E-state index contributed by atoms with van der Waals surface area (Å²) in [5.41, 5.74) is 14.9. The van der Waals surface area contributed by atoms with Crippen molar-refractivity contribution in [2.24, 2.45) is 10.2 Å². The van der Waals surface area contributed by atoms with E-state index < -0.39 is 0 Å². The van der Waals surface area contributed by atoms with Crippen LogP contribution in [-0.2, 0) is 0 Å². The van der Waals surface area contributed by atoms with Crippen LogP contribution in [0.2, 0.25) is 0 Å². The normalized spacial score (nSPS) is 10.9. The molecule has 0 aliphatic heterocycles. The Labute approximate surface area is 118 Å². The zero-order chi connectivity index (χ0) is 14.4. The highest BCUT2D eigenvalue weighted by Gasteiger charge is 2.00. The molecule has 0 heterocycles. The molecule has 2 rings (SSSR count). The van der Waals surface area contributed by atoms with Gasteiger partial charge < -0.3 is 5.73 Å². The predicted octanol–water partition coefficient (Wildman–Crippen LogP) is 2.76. The summed E-state index contributed by atoms with van der Waals surface area (Å²) in [5.74, 6) is 0. The summed E-state index contributed by atoms with van der Waals surface area (Å²) >= 11 is 0. The first-order valence-electron chi connectivity index (χ1n) is 6.25. The van der Waals surface area contributed by atoms with Crippen LogP contribution in [-0.4, -0.2) is 14.1 Å². The van der Waals surface area contributed by atoms with Crippen molar-refractivity contribution in [3.8, 4) is 0 Å². The van der Waals surface area contributed by atoms with Gasteiger partial charge in [-0.05, 0) is 48.5 Å². The van der Waals surface area contributed by atoms with Gasteiger partial charge in [-0.15, -0.1) is 0 Å². The minimum absolute atomic E-state index is 0.715. The van der Waals surface area contributed by atoms with E-state index in [2.05, 4.69) is 21.1 Å². The van der Waals surface area contributed by atoms with Gasteiger partial charge in [0.2, 0.25) is 0 Å². The fourth-order valence-electron chi connectivity index (χ4n) is 1.69. The minimum atomic E-state index is 0.715. The molecule has 20 heavy (non-hydrogen) atoms. The number of nitrogens with one attached hydrogen (secondary N) is 2. The fourth-order valence-corrected chi connectivity index (χ4v) is 1.69. The van der Waals surface area contributed by atoms with Crippen molar-refractivity contribution in [2.75, 3.05) is 24.9 Å². The maximum Gasteiger partial charge on any atom is 0.0858 e. The monoisotopic (exact) mass is 270 g/mol. The standard InChI is InChI=1S/C14H18N6/c1-16-20(17-2)14-9-7-13(8-10-14)19-18-12-5-3-11(15)4-6-12/h3-10,16-17H,15H2,1-2H3/b19-18+. The summed E-state index contributed by atoms with van der Waals surface area (Å²) in [4.78, 5) is 0. The third-order valence-electron chi connectivity index (χ3n) is 2.73. The van der Waals surface area contributed by atoms with Gasteiger partial charge in [-0.1, -0.05) is 0 Å². The Hall–Kier alpha value is -2.44. The van der Waals surface area contributed by atoms with Crippen LogP contribution < -0.4 is 21.7 Å². The lowest BCUT2D eigenvalue weighted by molar-refractivity contribution is 0.624. The van der Waals surface area contributed by atoms with Crippen LogP contribution in [0.5, 0.6) is 0 Å². The summed E-state index contributed by atoms with van der Waals surface area (Å²) in [6, 6.07) is 15.0. The van der Waals surface area contributed by atoms with Crippen LogP contribution >= 0.6 is 0 Å². The number of hydrazine groups is 2. The van der Waals surface area contributed by atoms with Crippen molar-refractivity contribution in [1.82, 2.24) is 10.9 Å². The van der Waals surface area contributed by atoms with E-state index in [1.54, 1.807) is 17.3 Å². The van der Waals surface area contributed by atoms with Crippen molar-refractivity contribution < 1.29 is 0 Å². The smallest absolute Gasteiger partial charge is 0.0858 e. The zero-order valence-electron chi connectivity index (χ0n) is 11.5. The van der Waals surface area contributed by atoms with Gasteiger partial charge in [0.05, 0.1) is 17.1 Å². The Balaban J connectivity index is 2.08. The molecule has 0 unspecified atom stereocenters. The predicted molar refractivity (Wildman–Crippen MR) is 82.1 cm³/mol. The Bertz CT molecular complexity index is 557. The average Bonchev–Trinajstić information content (AvgIpc) is 2.49. The van der Waals surface area contributed by atoms with Crippen LogP contribution in [0, 0.1) is 0 Å². The Morgan fingerprint density at radius 2 is 1.25 bits per heavy atom. The van der Waals surface area contributed by atoms with Crippen LogP contribution in [0.25, 0.3) is 0 Å². The number of azo groups is 1. The third kappa shape index (κ3) is 3.53. The second-order valence-corrected chi connectivity index (χ2v) is 4.09. The molecular weight excluding hydrogens is 252 g/mol. The molecule has 0 fully saturated rings. The molecule has 0 bridgehead atoms. The van der Waals surface area contributed by atoms with E-state index in [4.69, 9.17) is 5.73 Å². The molecule has 6 heteroatoms. The van der Waals surface area contributed by atoms with Crippen LogP contribution in [0.1, 0.15) is 0 Å². The molecule has 0 aromatic heterocycles. The molecular formula is C14H18N6. The molecule has 0 saturated carbocycles. The van der Waals surface area contributed by atoms with E-state index in [-0.39, 0.29) is 0 Å². The summed E-state index contributed by atoms with van der Waals surface area (Å²) in [7, 11) is 3.68. The van der Waals surface area contributed by atoms with Gasteiger partial charge in [-0.25, -0.2) is 16.0 Å². The zero-order valence-corrected chi connectivity index (χ0v) is 11.5. The SMILES string of the molecule is CNN(NC)c1ccc(/N=N/c2ccc(N)cc2)cc1. The number of anilines is 2. The molecule has 104 valence electrons. The van der Waals surface area contributed by atoms with Gasteiger partial charge in [0.25, 0.3) is 0 Å². The summed E-state index contributed by atoms with van der Waals surface area (Å²) in [5, 5.41) is 10.1. The Morgan fingerprint density at radius 3 is 1.70 bits per heavy atom. The van der Waals surface area contributed by atoms with Gasteiger partial charge in [-0.2, -0.15) is 10.2 Å². The fraction of sp³-hybridized carbons (Fsp3) is 0.143. The van der Waals surface area contributed by atoms with E-state index in [0.717, 1.165) is 17.1 Å². The quantitative estimate of drug-likeness (QED) is 0.443. The van der Waals surface area contributed by atoms with Gasteiger partial charge in [0.1, 0.15) is 0 Å². The molecule has 2 aromatic rings. The number of nitrogens with two attached hydrogens (primary N) is 1. The molecule has 0 radical (unpaired) electrons. The number of hydrogen-bond acceptors (Lipinski definition) is 6. The van der Waals surface area contributed by atoms with E-state index >= 15 is 0 Å². The van der Waals surface area contributed by atoms with Gasteiger partial charge in [0.15, 0.2) is 0 Å². The Kier molecular flexibility index (Phi) is 4.65. The maximum atomic E-state index is 5.62. The molecule has 0 saturated heterocycles. The van der Waals surface area contributed by atoms with Crippen molar-refractivity contribution in [2.45, 2.75) is 0 Å². The summed E-state index contributed by atoms with van der Waals surface area (Å²) < 4.78 is 0. The number of benzene rings is 2. The highest BCUT2D eigenvalue weighted by molar-refractivity contribution is 5.52. The molecule has 2 aromatic carbocycles. The first-order valence-corrected chi connectivity index (χ1v) is 6.25. The van der Waals surface area contributed by atoms with E-state index in [0.29, 0.717) is 5.69 Å². The topological polar surface area (TPSA) is 78.0 Å². The highest BCUT2D eigenvalue weighted by Crippen LogP contribution is 2.21. The summed E-state index contributed by atoms with van der Waals surface area (Å²) in [6.07, 6.45) is 0. The van der Waals surface area contributed by atoms with E-state index in [9.17, 15) is 0 Å². The molecule has 0 amide bonds. The number of nitrogens with zero attached hydrogens (tertiary/aromatic N) is 3. The third-order valence-corrected chi connectivity index (χ3v) is 2.73. The van der Waals surface area contributed by atoms with Crippen molar-refractivity contribution >= 4 is 22.7 Å². The van der Waals surface area contributed by atoms with Gasteiger partial charge in [0, 0.05) is 19.8 Å². The first-order chi connectivity index (χ1) is 9.72. The number of nitrogen functional groups attached to an aromatic ring is 1. The second-order valence-electron chi connectivity index (χ2n) is 4.09. The molecule has 4 N–H and O–H groups in total. The maximum absolute atomic E-state index is 5.62. The molecule has 6 nitrogen and oxygen atoms in total. The lowest BCUT2D eigenvalue weighted by atomic mass is 10.3. The molecule has 0 spiro atoms. The molecule has 0 aliphatic carbocycles. The lowest BCUT2D eigenvalue weighted by Gasteiger charge is -2.21. The second kappa shape index (κ2) is 6.65. The van der Waals surface area contributed by atoms with Crippen LogP contribution in [0.15, 0.2) is 58.8 Å². The van der Waals surface area contributed by atoms with Crippen LogP contribution in [0.4, 0.5) is 22.7 Å². The highest BCUT2D eigenvalue weighted by atomic mass is 15.7. The largest absolute Gasteiger partial charge is 0.399 e. The molecule has 0 aliphatic rings. The van der Waals surface area contributed by atoms with Crippen molar-refractivity contribution in [3.63, 3.8) is 0 Å². The number of hydrogen-bond donors (Lipinski definition) is 3. The number of rotatable bonds is 5. The minimum Gasteiger partial charge on any atom is -0.399 e. The van der Waals surface area contributed by atoms with E-state index in [1.807, 2.05) is 50.5 Å². The Morgan fingerprint density at radius 1 is 0.800 bits per heavy atom. The van der Waals surface area contributed by atoms with E-state index in [1.165, 1.54) is 0 Å². The first kappa shape index (κ1) is 14.0. The lowest BCUT2D eigenvalue weighted by Crippen LogP contribution is -2.44. The van der Waals surface area contributed by atoms with Gasteiger partial charge in [-0.3, -0.25) is 0 Å². The van der Waals surface area contributed by atoms with Crippen molar-refractivity contribution in [3.05, 3.63) is 48.5 Å². The van der Waals surface area contributed by atoms with Crippen LogP contribution in [0.3, 0.4) is 0 Å².